The first kappa shape index (κ1) is 26.9. The average Bonchev–Trinajstić information content (AvgIpc) is 2.80. The molecule has 1 aliphatic heterocycles. The molecule has 134 valence electrons. The molecule has 23 heavy (non-hydrogen) atoms. The Hall–Kier alpha value is 1.68. The van der Waals surface area contributed by atoms with Gasteiger partial charge in [-0.2, -0.15) is 0 Å². The molecular weight excluding hydrogens is 460 g/mol. The van der Waals surface area contributed by atoms with E-state index < -0.39 is 16.5 Å². The summed E-state index contributed by atoms with van der Waals surface area (Å²) in [6.07, 6.45) is 18.6. The number of hydrogen-bond acceptors (Lipinski definition) is 1. The molecule has 1 aliphatic carbocycles. The summed E-state index contributed by atoms with van der Waals surface area (Å²) in [4.78, 5) is 0. The molecule has 0 atom stereocenters. The SMILES string of the molecule is C1CCOC1.C[Si](C)(C)[N-][Si](C)(C)C.[CH]1[CH][CH][CH][CH][CH][CH][CH]1.[Gd]. The number of hydrogen-bond donors (Lipinski definition) is 0. The Labute approximate surface area is 181 Å². The fourth-order valence-corrected chi connectivity index (χ4v) is 10.1. The van der Waals surface area contributed by atoms with Crippen LogP contribution in [0.25, 0.3) is 4.65 Å². The summed E-state index contributed by atoms with van der Waals surface area (Å²) < 4.78 is 9.76. The molecule has 2 fully saturated rings. The van der Waals surface area contributed by atoms with E-state index in [2.05, 4.69) is 39.3 Å². The minimum absolute atomic E-state index is 0. The zero-order valence-corrected chi connectivity index (χ0v) is 19.9. The standard InChI is InChI=1S/C8H8.C6H18NSi2.C4H8O.Gd/c1-2-4-6-8-7-5-3-1;1-8(2,3)7-9(4,5)6;1-2-4-5-3-1;/h1-8H;1-6H3;1-4H2;/q;-1;;. The molecular formula is C18H34GdNOSi2-. The first-order chi connectivity index (χ1) is 10.2. The van der Waals surface area contributed by atoms with E-state index in [0.29, 0.717) is 0 Å². The van der Waals surface area contributed by atoms with Gasteiger partial charge in [0.2, 0.25) is 0 Å². The molecule has 0 amide bonds. The first-order valence-electron chi connectivity index (χ1n) is 8.19. The van der Waals surface area contributed by atoms with Gasteiger partial charge in [0.15, 0.2) is 0 Å². The minimum atomic E-state index is -1.11. The molecule has 0 N–H and O–H groups in total. The Balaban J connectivity index is 0. The molecule has 0 aromatic rings. The van der Waals surface area contributed by atoms with Gasteiger partial charge in [-0.1, -0.05) is 55.8 Å². The van der Waals surface area contributed by atoms with Gasteiger partial charge in [-0.15, -0.1) is 0 Å². The van der Waals surface area contributed by atoms with E-state index in [1.165, 1.54) is 12.8 Å². The maximum absolute atomic E-state index is 4.94. The summed E-state index contributed by atoms with van der Waals surface area (Å²) in [6, 6.07) is 0. The molecule has 1 heterocycles. The Morgan fingerprint density at radius 2 is 0.870 bits per heavy atom. The van der Waals surface area contributed by atoms with Gasteiger partial charge in [0.1, 0.15) is 0 Å². The van der Waals surface area contributed by atoms with Crippen molar-refractivity contribution >= 4 is 16.5 Å². The van der Waals surface area contributed by atoms with Crippen molar-refractivity contribution in [3.63, 3.8) is 0 Å². The molecule has 8 radical (unpaired) electrons. The van der Waals surface area contributed by atoms with Crippen LogP contribution in [-0.2, 0) is 4.74 Å². The van der Waals surface area contributed by atoms with Crippen molar-refractivity contribution in [1.82, 2.24) is 0 Å². The van der Waals surface area contributed by atoms with E-state index in [1.54, 1.807) is 0 Å². The van der Waals surface area contributed by atoms with E-state index in [1.807, 2.05) is 51.4 Å². The number of rotatable bonds is 2. The summed E-state index contributed by atoms with van der Waals surface area (Å²) in [5, 5.41) is 0. The van der Waals surface area contributed by atoms with E-state index in [4.69, 9.17) is 9.38 Å². The quantitative estimate of drug-likeness (QED) is 0.468. The topological polar surface area (TPSA) is 23.3 Å². The van der Waals surface area contributed by atoms with E-state index in [9.17, 15) is 0 Å². The molecule has 0 spiro atoms. The molecule has 5 heteroatoms. The number of nitrogens with zero attached hydrogens (tertiary/aromatic N) is 1. The Bertz CT molecular complexity index is 205. The summed E-state index contributed by atoms with van der Waals surface area (Å²) in [7, 11) is -2.21. The Morgan fingerprint density at radius 3 is 0.957 bits per heavy atom. The predicted molar refractivity (Wildman–Crippen MR) is 105 cm³/mol. The minimum Gasteiger partial charge on any atom is -0.668 e. The second kappa shape index (κ2) is 15.9. The zero-order chi connectivity index (χ0) is 16.9. The maximum Gasteiger partial charge on any atom is 0.0466 e. The molecule has 0 unspecified atom stereocenters. The fraction of sp³-hybridized carbons (Fsp3) is 0.556. The molecule has 1 saturated heterocycles. The van der Waals surface area contributed by atoms with Gasteiger partial charge in [-0.3, -0.25) is 0 Å². The van der Waals surface area contributed by atoms with Crippen LogP contribution in [0.4, 0.5) is 0 Å². The van der Waals surface area contributed by atoms with Crippen molar-refractivity contribution < 1.29 is 44.7 Å². The predicted octanol–water partition coefficient (Wildman–Crippen LogP) is 5.46. The van der Waals surface area contributed by atoms with Gasteiger partial charge in [-0.05, 0) is 64.2 Å². The average molecular weight is 494 g/mol. The van der Waals surface area contributed by atoms with Crippen LogP contribution in [0.15, 0.2) is 0 Å². The van der Waals surface area contributed by atoms with Crippen molar-refractivity contribution in [1.29, 1.82) is 0 Å². The smallest absolute Gasteiger partial charge is 0.0466 e. The molecule has 1 saturated carbocycles. The molecule has 0 aromatic carbocycles. The van der Waals surface area contributed by atoms with Gasteiger partial charge < -0.3 is 9.38 Å². The van der Waals surface area contributed by atoms with Crippen LogP contribution >= 0.6 is 0 Å². The normalized spacial score (nSPS) is 19.0. The van der Waals surface area contributed by atoms with E-state index in [0.717, 1.165) is 13.2 Å². The van der Waals surface area contributed by atoms with Crippen molar-refractivity contribution in [3.8, 4) is 0 Å². The monoisotopic (exact) mass is 494 g/mol. The van der Waals surface area contributed by atoms with Gasteiger partial charge >= 0.3 is 0 Å². The van der Waals surface area contributed by atoms with Crippen molar-refractivity contribution in [2.45, 2.75) is 52.1 Å². The third-order valence-electron chi connectivity index (χ3n) is 2.39. The van der Waals surface area contributed by atoms with Crippen molar-refractivity contribution in [2.75, 3.05) is 13.2 Å². The Kier molecular flexibility index (Phi) is 18.6. The van der Waals surface area contributed by atoms with Crippen LogP contribution in [0.3, 0.4) is 0 Å². The largest absolute Gasteiger partial charge is 0.668 e. The van der Waals surface area contributed by atoms with Crippen LogP contribution in [0.5, 0.6) is 0 Å². The van der Waals surface area contributed by atoms with Crippen molar-refractivity contribution in [3.05, 3.63) is 56.0 Å². The second-order valence-corrected chi connectivity index (χ2v) is 16.9. The van der Waals surface area contributed by atoms with Crippen LogP contribution in [0.1, 0.15) is 12.8 Å². The Morgan fingerprint density at radius 1 is 0.609 bits per heavy atom. The summed E-state index contributed by atoms with van der Waals surface area (Å²) in [5.41, 5.74) is 0. The van der Waals surface area contributed by atoms with Gasteiger partial charge in [0, 0.05) is 53.2 Å². The van der Waals surface area contributed by atoms with Crippen LogP contribution in [0, 0.1) is 91.3 Å². The first-order valence-corrected chi connectivity index (χ1v) is 15.1. The third-order valence-corrected chi connectivity index (χ3v) is 7.75. The maximum atomic E-state index is 4.94. The summed E-state index contributed by atoms with van der Waals surface area (Å²) in [6.45, 7) is 15.8. The van der Waals surface area contributed by atoms with Crippen LogP contribution in [-0.4, -0.2) is 29.7 Å². The summed E-state index contributed by atoms with van der Waals surface area (Å²) >= 11 is 0. The van der Waals surface area contributed by atoms with Gasteiger partial charge in [0.25, 0.3) is 0 Å². The summed E-state index contributed by atoms with van der Waals surface area (Å²) in [5.74, 6) is 0. The molecule has 0 bridgehead atoms. The molecule has 2 rings (SSSR count). The van der Waals surface area contributed by atoms with Crippen LogP contribution < -0.4 is 0 Å². The van der Waals surface area contributed by atoms with E-state index in [-0.39, 0.29) is 39.9 Å². The van der Waals surface area contributed by atoms with Crippen LogP contribution in [0.2, 0.25) is 39.3 Å². The van der Waals surface area contributed by atoms with Crippen molar-refractivity contribution in [2.24, 2.45) is 0 Å². The zero-order valence-electron chi connectivity index (χ0n) is 15.7. The second-order valence-electron chi connectivity index (χ2n) is 7.31. The number of ether oxygens (including phenoxy) is 1. The molecule has 0 aromatic heterocycles. The molecule has 2 nitrogen and oxygen atoms in total. The fourth-order valence-electron chi connectivity index (χ4n) is 2.03. The van der Waals surface area contributed by atoms with Gasteiger partial charge in [0.05, 0.1) is 0 Å². The van der Waals surface area contributed by atoms with E-state index >= 15 is 0 Å². The molecule has 2 aliphatic rings. The third kappa shape index (κ3) is 26.0. The van der Waals surface area contributed by atoms with Gasteiger partial charge in [-0.25, -0.2) is 0 Å².